The second kappa shape index (κ2) is 6.67. The standard InChI is InChI=1S/C18H24N2/c1-4-18(2,3)14-20-17(15-8-6-5-7-9-15)16-10-12-19-13-11-16/h5-13,17,20H,4,14H2,1-3H3. The summed E-state index contributed by atoms with van der Waals surface area (Å²) in [6.07, 6.45) is 4.88. The Hall–Kier alpha value is -1.67. The highest BCUT2D eigenvalue weighted by Crippen LogP contribution is 2.24. The van der Waals surface area contributed by atoms with Crippen LogP contribution in [-0.4, -0.2) is 11.5 Å². The average Bonchev–Trinajstić information content (AvgIpc) is 2.49. The fourth-order valence-corrected chi connectivity index (χ4v) is 2.13. The van der Waals surface area contributed by atoms with Crippen LogP contribution in [-0.2, 0) is 0 Å². The SMILES string of the molecule is CCC(C)(C)CNC(c1ccccc1)c1ccncc1. The fraction of sp³-hybridized carbons (Fsp3) is 0.389. The van der Waals surface area contributed by atoms with Crippen LogP contribution in [0.15, 0.2) is 54.9 Å². The molecule has 0 saturated heterocycles. The van der Waals surface area contributed by atoms with E-state index in [0.29, 0.717) is 5.41 Å². The lowest BCUT2D eigenvalue weighted by molar-refractivity contribution is 0.318. The van der Waals surface area contributed by atoms with Gasteiger partial charge in [-0.3, -0.25) is 4.98 Å². The summed E-state index contributed by atoms with van der Waals surface area (Å²) in [7, 11) is 0. The highest BCUT2D eigenvalue weighted by molar-refractivity contribution is 5.30. The molecule has 0 spiro atoms. The lowest BCUT2D eigenvalue weighted by atomic mass is 9.89. The quantitative estimate of drug-likeness (QED) is 0.849. The number of rotatable bonds is 6. The first-order valence-electron chi connectivity index (χ1n) is 7.30. The van der Waals surface area contributed by atoms with Crippen LogP contribution in [0.4, 0.5) is 0 Å². The van der Waals surface area contributed by atoms with E-state index < -0.39 is 0 Å². The number of pyridine rings is 1. The molecule has 106 valence electrons. The van der Waals surface area contributed by atoms with Crippen LogP contribution in [0, 0.1) is 5.41 Å². The second-order valence-corrected chi connectivity index (χ2v) is 6.02. The monoisotopic (exact) mass is 268 g/mol. The molecule has 0 aliphatic carbocycles. The zero-order chi connectivity index (χ0) is 14.4. The maximum atomic E-state index is 4.12. The summed E-state index contributed by atoms with van der Waals surface area (Å²) in [5.41, 5.74) is 2.86. The van der Waals surface area contributed by atoms with Gasteiger partial charge in [-0.2, -0.15) is 0 Å². The Morgan fingerprint density at radius 3 is 2.20 bits per heavy atom. The van der Waals surface area contributed by atoms with Crippen molar-refractivity contribution in [2.24, 2.45) is 5.41 Å². The molecule has 0 aliphatic rings. The van der Waals surface area contributed by atoms with Gasteiger partial charge in [0.05, 0.1) is 6.04 Å². The minimum Gasteiger partial charge on any atom is -0.306 e. The molecule has 2 rings (SSSR count). The van der Waals surface area contributed by atoms with Crippen LogP contribution in [0.3, 0.4) is 0 Å². The molecule has 2 heteroatoms. The number of aromatic nitrogens is 1. The molecular weight excluding hydrogens is 244 g/mol. The van der Waals surface area contributed by atoms with Crippen molar-refractivity contribution in [2.75, 3.05) is 6.54 Å². The van der Waals surface area contributed by atoms with Crippen LogP contribution < -0.4 is 5.32 Å². The molecule has 1 heterocycles. The van der Waals surface area contributed by atoms with E-state index in [9.17, 15) is 0 Å². The number of hydrogen-bond acceptors (Lipinski definition) is 2. The van der Waals surface area contributed by atoms with Gasteiger partial charge in [0.25, 0.3) is 0 Å². The van der Waals surface area contributed by atoms with E-state index in [1.165, 1.54) is 11.1 Å². The van der Waals surface area contributed by atoms with Gasteiger partial charge in [-0.05, 0) is 35.1 Å². The Morgan fingerprint density at radius 1 is 1.00 bits per heavy atom. The van der Waals surface area contributed by atoms with Crippen LogP contribution >= 0.6 is 0 Å². The summed E-state index contributed by atoms with van der Waals surface area (Å²) in [5.74, 6) is 0. The van der Waals surface area contributed by atoms with E-state index in [2.05, 4.69) is 73.5 Å². The van der Waals surface area contributed by atoms with Crippen LogP contribution in [0.2, 0.25) is 0 Å². The molecule has 2 nitrogen and oxygen atoms in total. The molecule has 0 radical (unpaired) electrons. The molecule has 0 amide bonds. The number of hydrogen-bond donors (Lipinski definition) is 1. The van der Waals surface area contributed by atoms with E-state index in [4.69, 9.17) is 0 Å². The maximum absolute atomic E-state index is 4.12. The first-order chi connectivity index (χ1) is 9.62. The second-order valence-electron chi connectivity index (χ2n) is 6.02. The zero-order valence-electron chi connectivity index (χ0n) is 12.6. The third kappa shape index (κ3) is 3.91. The summed E-state index contributed by atoms with van der Waals surface area (Å²) in [6, 6.07) is 15.0. The first-order valence-corrected chi connectivity index (χ1v) is 7.30. The fourth-order valence-electron chi connectivity index (χ4n) is 2.13. The van der Waals surface area contributed by atoms with Crippen molar-refractivity contribution in [1.29, 1.82) is 0 Å². The minimum absolute atomic E-state index is 0.227. The van der Waals surface area contributed by atoms with E-state index >= 15 is 0 Å². The summed E-state index contributed by atoms with van der Waals surface area (Å²) >= 11 is 0. The van der Waals surface area contributed by atoms with Crippen LogP contribution in [0.1, 0.15) is 44.4 Å². The van der Waals surface area contributed by atoms with Gasteiger partial charge in [-0.25, -0.2) is 0 Å². The van der Waals surface area contributed by atoms with E-state index in [1.54, 1.807) is 0 Å². The minimum atomic E-state index is 0.227. The van der Waals surface area contributed by atoms with Gasteiger partial charge < -0.3 is 5.32 Å². The summed E-state index contributed by atoms with van der Waals surface area (Å²) in [5, 5.41) is 3.72. The van der Waals surface area contributed by atoms with Gasteiger partial charge in [0.2, 0.25) is 0 Å². The molecule has 20 heavy (non-hydrogen) atoms. The molecule has 0 aliphatic heterocycles. The highest BCUT2D eigenvalue weighted by atomic mass is 14.9. The van der Waals surface area contributed by atoms with E-state index in [-0.39, 0.29) is 6.04 Å². The first kappa shape index (κ1) is 14.7. The third-order valence-corrected chi connectivity index (χ3v) is 3.91. The molecule has 1 atom stereocenters. The molecule has 1 unspecified atom stereocenters. The largest absolute Gasteiger partial charge is 0.306 e. The molecule has 1 N–H and O–H groups in total. The normalized spacial score (nSPS) is 13.2. The highest BCUT2D eigenvalue weighted by Gasteiger charge is 2.19. The molecule has 1 aromatic carbocycles. The van der Waals surface area contributed by atoms with Gasteiger partial charge >= 0.3 is 0 Å². The predicted octanol–water partition coefficient (Wildman–Crippen LogP) is 4.20. The van der Waals surface area contributed by atoms with E-state index in [0.717, 1.165) is 13.0 Å². The summed E-state index contributed by atoms with van der Waals surface area (Å²) in [4.78, 5) is 4.12. The topological polar surface area (TPSA) is 24.9 Å². The van der Waals surface area contributed by atoms with Gasteiger partial charge in [-0.1, -0.05) is 51.1 Å². The van der Waals surface area contributed by atoms with Crippen molar-refractivity contribution in [1.82, 2.24) is 10.3 Å². The Morgan fingerprint density at radius 2 is 1.60 bits per heavy atom. The van der Waals surface area contributed by atoms with Crippen molar-refractivity contribution < 1.29 is 0 Å². The predicted molar refractivity (Wildman–Crippen MR) is 84.6 cm³/mol. The summed E-state index contributed by atoms with van der Waals surface area (Å²) < 4.78 is 0. The summed E-state index contributed by atoms with van der Waals surface area (Å²) in [6.45, 7) is 7.83. The van der Waals surface area contributed by atoms with Crippen molar-refractivity contribution in [3.05, 3.63) is 66.0 Å². The van der Waals surface area contributed by atoms with Gasteiger partial charge in [-0.15, -0.1) is 0 Å². The Balaban J connectivity index is 2.22. The Bertz CT molecular complexity index is 466. The van der Waals surface area contributed by atoms with Crippen molar-refractivity contribution in [3.8, 4) is 0 Å². The molecule has 2 aromatic rings. The van der Waals surface area contributed by atoms with Crippen molar-refractivity contribution >= 4 is 0 Å². The number of nitrogens with zero attached hydrogens (tertiary/aromatic N) is 1. The number of benzene rings is 1. The van der Waals surface area contributed by atoms with Gasteiger partial charge in [0, 0.05) is 18.9 Å². The maximum Gasteiger partial charge on any atom is 0.0578 e. The average molecular weight is 268 g/mol. The van der Waals surface area contributed by atoms with E-state index in [1.807, 2.05) is 12.4 Å². The Labute approximate surface area is 122 Å². The van der Waals surface area contributed by atoms with Gasteiger partial charge in [0.15, 0.2) is 0 Å². The number of nitrogens with one attached hydrogen (secondary N) is 1. The lowest BCUT2D eigenvalue weighted by Gasteiger charge is -2.28. The lowest BCUT2D eigenvalue weighted by Crippen LogP contribution is -2.32. The third-order valence-electron chi connectivity index (χ3n) is 3.91. The van der Waals surface area contributed by atoms with Crippen molar-refractivity contribution in [3.63, 3.8) is 0 Å². The molecule has 0 bridgehead atoms. The van der Waals surface area contributed by atoms with Crippen molar-refractivity contribution in [2.45, 2.75) is 33.2 Å². The van der Waals surface area contributed by atoms with Crippen LogP contribution in [0.5, 0.6) is 0 Å². The molecule has 1 aromatic heterocycles. The smallest absolute Gasteiger partial charge is 0.0578 e. The molecule has 0 saturated carbocycles. The van der Waals surface area contributed by atoms with Crippen LogP contribution in [0.25, 0.3) is 0 Å². The molecule has 0 fully saturated rings. The molecular formula is C18H24N2. The van der Waals surface area contributed by atoms with Gasteiger partial charge in [0.1, 0.15) is 0 Å². The zero-order valence-corrected chi connectivity index (χ0v) is 12.6. The Kier molecular flexibility index (Phi) is 4.91.